The fraction of sp³-hybridized carbons (Fsp3) is 0.350. The van der Waals surface area contributed by atoms with Crippen LogP contribution in [0, 0.1) is 5.92 Å². The van der Waals surface area contributed by atoms with Crippen LogP contribution in [0.15, 0.2) is 51.8 Å². The molecule has 1 amide bonds. The second-order valence-corrected chi connectivity index (χ2v) is 9.33. The summed E-state index contributed by atoms with van der Waals surface area (Å²) < 4.78 is 34.1. The minimum absolute atomic E-state index is 0.0290. The molecule has 1 N–H and O–H groups in total. The van der Waals surface area contributed by atoms with Crippen LogP contribution in [-0.4, -0.2) is 39.4 Å². The highest BCUT2D eigenvalue weighted by molar-refractivity contribution is 9.10. The molecule has 0 aliphatic carbocycles. The molecule has 0 heterocycles. The predicted molar refractivity (Wildman–Crippen MR) is 114 cm³/mol. The summed E-state index contributed by atoms with van der Waals surface area (Å²) in [7, 11) is -2.13. The van der Waals surface area contributed by atoms with Gasteiger partial charge in [0.1, 0.15) is 5.75 Å². The first kappa shape index (κ1) is 22.2. The van der Waals surface area contributed by atoms with Gasteiger partial charge in [0.05, 0.1) is 21.7 Å². The second-order valence-electron chi connectivity index (χ2n) is 6.79. The number of sulfonamides is 1. The molecule has 0 radical (unpaired) electrons. The van der Waals surface area contributed by atoms with Gasteiger partial charge in [-0.1, -0.05) is 19.9 Å². The molecule has 0 spiro atoms. The molecule has 0 atom stereocenters. The number of carbonyl (C=O) groups is 1. The molecule has 2 aromatic rings. The maximum atomic E-state index is 12.8. The summed E-state index contributed by atoms with van der Waals surface area (Å²) in [5, 5.41) is 0. The molecule has 0 aliphatic heterocycles. The molecule has 0 aromatic heterocycles. The Balaban J connectivity index is 2.24. The van der Waals surface area contributed by atoms with E-state index >= 15 is 0 Å². The SMILES string of the molecule is CCOc1ccc(NS(=O)(=O)c2cccc(C(=O)N(C)CC(C)C)c2)cc1Br. The lowest BCUT2D eigenvalue weighted by Crippen LogP contribution is -2.30. The maximum absolute atomic E-state index is 12.8. The van der Waals surface area contributed by atoms with Crippen molar-refractivity contribution in [3.63, 3.8) is 0 Å². The largest absolute Gasteiger partial charge is 0.493 e. The molecule has 0 aliphatic rings. The number of ether oxygens (including phenoxy) is 1. The standard InChI is InChI=1S/C20H25BrN2O4S/c1-5-27-19-10-9-16(12-18(19)21)22-28(25,26)17-8-6-7-15(11-17)20(24)23(4)13-14(2)3/h6-12,14,22H,5,13H2,1-4H3. The summed E-state index contributed by atoms with van der Waals surface area (Å²) in [4.78, 5) is 14.2. The van der Waals surface area contributed by atoms with Crippen LogP contribution in [0.4, 0.5) is 5.69 Å². The van der Waals surface area contributed by atoms with Crippen LogP contribution in [0.3, 0.4) is 0 Å². The van der Waals surface area contributed by atoms with Crippen LogP contribution in [0.5, 0.6) is 5.75 Å². The smallest absolute Gasteiger partial charge is 0.261 e. The van der Waals surface area contributed by atoms with Gasteiger partial charge in [0, 0.05) is 19.2 Å². The van der Waals surface area contributed by atoms with Crippen molar-refractivity contribution in [2.75, 3.05) is 24.9 Å². The fourth-order valence-electron chi connectivity index (χ4n) is 2.70. The van der Waals surface area contributed by atoms with E-state index in [9.17, 15) is 13.2 Å². The minimum atomic E-state index is -3.84. The molecule has 0 saturated carbocycles. The summed E-state index contributed by atoms with van der Waals surface area (Å²) in [6.45, 7) is 7.01. The molecule has 6 nitrogen and oxygen atoms in total. The van der Waals surface area contributed by atoms with Gasteiger partial charge in [-0.3, -0.25) is 9.52 Å². The van der Waals surface area contributed by atoms with Crippen molar-refractivity contribution in [3.05, 3.63) is 52.5 Å². The van der Waals surface area contributed by atoms with Gasteiger partial charge in [0.25, 0.3) is 15.9 Å². The van der Waals surface area contributed by atoms with Crippen LogP contribution in [0.2, 0.25) is 0 Å². The normalized spacial score (nSPS) is 11.4. The predicted octanol–water partition coefficient (Wildman–Crippen LogP) is 4.38. The number of nitrogens with zero attached hydrogens (tertiary/aromatic N) is 1. The average molecular weight is 469 g/mol. The van der Waals surface area contributed by atoms with Crippen LogP contribution in [-0.2, 0) is 10.0 Å². The third-order valence-corrected chi connectivity index (χ3v) is 5.86. The van der Waals surface area contributed by atoms with Crippen LogP contribution in [0.1, 0.15) is 31.1 Å². The Morgan fingerprint density at radius 3 is 2.54 bits per heavy atom. The topological polar surface area (TPSA) is 75.7 Å². The van der Waals surface area contributed by atoms with E-state index < -0.39 is 10.0 Å². The number of hydrogen-bond acceptors (Lipinski definition) is 4. The van der Waals surface area contributed by atoms with E-state index in [1.54, 1.807) is 42.3 Å². The van der Waals surface area contributed by atoms with E-state index in [0.29, 0.717) is 40.5 Å². The summed E-state index contributed by atoms with van der Waals surface area (Å²) in [5.74, 6) is 0.737. The lowest BCUT2D eigenvalue weighted by molar-refractivity contribution is 0.0779. The van der Waals surface area contributed by atoms with Crippen molar-refractivity contribution in [2.45, 2.75) is 25.7 Å². The quantitative estimate of drug-likeness (QED) is 0.623. The van der Waals surface area contributed by atoms with Crippen molar-refractivity contribution >= 4 is 37.5 Å². The number of benzene rings is 2. The molecule has 0 unspecified atom stereocenters. The Hall–Kier alpha value is -2.06. The molecule has 28 heavy (non-hydrogen) atoms. The van der Waals surface area contributed by atoms with Gasteiger partial charge in [0.2, 0.25) is 0 Å². The number of rotatable bonds is 8. The Morgan fingerprint density at radius 1 is 1.21 bits per heavy atom. The van der Waals surface area contributed by atoms with Gasteiger partial charge in [0.15, 0.2) is 0 Å². The van der Waals surface area contributed by atoms with E-state index in [2.05, 4.69) is 20.7 Å². The van der Waals surface area contributed by atoms with Gasteiger partial charge in [-0.2, -0.15) is 0 Å². The average Bonchev–Trinajstić information content (AvgIpc) is 2.62. The summed E-state index contributed by atoms with van der Waals surface area (Å²) in [6, 6.07) is 11.0. The number of hydrogen-bond donors (Lipinski definition) is 1. The van der Waals surface area contributed by atoms with Crippen molar-refractivity contribution in [1.29, 1.82) is 0 Å². The third-order valence-electron chi connectivity index (χ3n) is 3.86. The highest BCUT2D eigenvalue weighted by Gasteiger charge is 2.19. The highest BCUT2D eigenvalue weighted by Crippen LogP contribution is 2.29. The zero-order valence-electron chi connectivity index (χ0n) is 16.4. The Morgan fingerprint density at radius 2 is 1.93 bits per heavy atom. The lowest BCUT2D eigenvalue weighted by Gasteiger charge is -2.19. The first-order chi connectivity index (χ1) is 13.1. The Kier molecular flexibility index (Phi) is 7.48. The molecule has 2 rings (SSSR count). The minimum Gasteiger partial charge on any atom is -0.493 e. The van der Waals surface area contributed by atoms with E-state index in [1.165, 1.54) is 12.1 Å². The van der Waals surface area contributed by atoms with Gasteiger partial charge in [-0.05, 0) is 65.2 Å². The molecule has 152 valence electrons. The molecule has 0 fully saturated rings. The maximum Gasteiger partial charge on any atom is 0.261 e. The number of nitrogens with one attached hydrogen (secondary N) is 1. The van der Waals surface area contributed by atoms with E-state index in [0.717, 1.165) is 0 Å². The van der Waals surface area contributed by atoms with Crippen LogP contribution >= 0.6 is 15.9 Å². The second kappa shape index (κ2) is 9.43. The van der Waals surface area contributed by atoms with E-state index in [-0.39, 0.29) is 10.8 Å². The highest BCUT2D eigenvalue weighted by atomic mass is 79.9. The third kappa shape index (κ3) is 5.72. The molecule has 2 aromatic carbocycles. The number of halogens is 1. The van der Waals surface area contributed by atoms with Crippen molar-refractivity contribution < 1.29 is 17.9 Å². The molecule has 8 heteroatoms. The van der Waals surface area contributed by atoms with Gasteiger partial charge in [-0.25, -0.2) is 8.42 Å². The van der Waals surface area contributed by atoms with Crippen molar-refractivity contribution in [1.82, 2.24) is 4.90 Å². The molecule has 0 bridgehead atoms. The fourth-order valence-corrected chi connectivity index (χ4v) is 4.29. The first-order valence-corrected chi connectivity index (χ1v) is 11.2. The van der Waals surface area contributed by atoms with Crippen molar-refractivity contribution in [2.24, 2.45) is 5.92 Å². The zero-order chi connectivity index (χ0) is 20.9. The number of carbonyl (C=O) groups excluding carboxylic acids is 1. The van der Waals surface area contributed by atoms with Crippen LogP contribution in [0.25, 0.3) is 0 Å². The molecular formula is C20H25BrN2O4S. The van der Waals surface area contributed by atoms with Gasteiger partial charge >= 0.3 is 0 Å². The van der Waals surface area contributed by atoms with E-state index in [4.69, 9.17) is 4.74 Å². The number of amides is 1. The number of anilines is 1. The molecular weight excluding hydrogens is 444 g/mol. The summed E-state index contributed by atoms with van der Waals surface area (Å²) in [6.07, 6.45) is 0. The van der Waals surface area contributed by atoms with E-state index in [1.807, 2.05) is 20.8 Å². The van der Waals surface area contributed by atoms with Crippen LogP contribution < -0.4 is 9.46 Å². The van der Waals surface area contributed by atoms with Gasteiger partial charge < -0.3 is 9.64 Å². The molecule has 0 saturated heterocycles. The Bertz CT molecular complexity index is 945. The lowest BCUT2D eigenvalue weighted by atomic mass is 10.1. The van der Waals surface area contributed by atoms with Crippen molar-refractivity contribution in [3.8, 4) is 5.75 Å². The Labute approximate surface area is 175 Å². The summed E-state index contributed by atoms with van der Waals surface area (Å²) in [5.41, 5.74) is 0.725. The zero-order valence-corrected chi connectivity index (χ0v) is 18.8. The first-order valence-electron chi connectivity index (χ1n) is 8.94. The summed E-state index contributed by atoms with van der Waals surface area (Å²) >= 11 is 3.37. The van der Waals surface area contributed by atoms with Gasteiger partial charge in [-0.15, -0.1) is 0 Å². The monoisotopic (exact) mass is 468 g/mol.